The molecule has 7 heteroatoms. The molecule has 0 saturated heterocycles. The third-order valence-corrected chi connectivity index (χ3v) is 5.36. The highest BCUT2D eigenvalue weighted by Crippen LogP contribution is 2.26. The van der Waals surface area contributed by atoms with E-state index in [9.17, 15) is 9.90 Å². The molecule has 0 unspecified atom stereocenters. The highest BCUT2D eigenvalue weighted by molar-refractivity contribution is 6.76. The van der Waals surface area contributed by atoms with Crippen LogP contribution < -0.4 is 0 Å². The number of aromatic hydroxyl groups is 1. The average molecular weight is 336 g/mol. The van der Waals surface area contributed by atoms with E-state index < -0.39 is 14.0 Å². The fraction of sp³-hybridized carbons (Fsp3) is 0.500. The molecule has 1 aromatic heterocycles. The zero-order valence-corrected chi connectivity index (χ0v) is 15.3. The summed E-state index contributed by atoms with van der Waals surface area (Å²) < 4.78 is 12.4. The molecule has 2 aromatic rings. The van der Waals surface area contributed by atoms with Crippen molar-refractivity contribution in [3.63, 3.8) is 0 Å². The van der Waals surface area contributed by atoms with E-state index >= 15 is 0 Å². The van der Waals surface area contributed by atoms with Gasteiger partial charge in [-0.2, -0.15) is 0 Å². The predicted octanol–water partition coefficient (Wildman–Crippen LogP) is 3.15. The molecule has 1 N–H and O–H groups in total. The fourth-order valence-corrected chi connectivity index (χ4v) is 3.04. The Morgan fingerprint density at radius 2 is 2.04 bits per heavy atom. The van der Waals surface area contributed by atoms with Gasteiger partial charge in [0.25, 0.3) is 0 Å². The first-order chi connectivity index (χ1) is 10.7. The summed E-state index contributed by atoms with van der Waals surface area (Å²) in [5, 5.41) is 9.88. The highest BCUT2D eigenvalue weighted by Gasteiger charge is 2.18. The molecule has 23 heavy (non-hydrogen) atoms. The third-order valence-electron chi connectivity index (χ3n) is 3.65. The average Bonchev–Trinajstić information content (AvgIpc) is 2.77. The maximum absolute atomic E-state index is 11.9. The molecule has 0 radical (unpaired) electrons. The fourth-order valence-electron chi connectivity index (χ4n) is 2.29. The van der Waals surface area contributed by atoms with Crippen molar-refractivity contribution < 1.29 is 19.4 Å². The van der Waals surface area contributed by atoms with Gasteiger partial charge in [-0.05, 0) is 19.0 Å². The van der Waals surface area contributed by atoms with Crippen LogP contribution in [-0.4, -0.2) is 42.4 Å². The molecule has 0 aliphatic heterocycles. The number of carbonyl (C=O) groups excluding carboxylic acids is 1. The number of hydrogen-bond acceptors (Lipinski definition) is 5. The molecule has 0 saturated carbocycles. The van der Waals surface area contributed by atoms with E-state index in [-0.39, 0.29) is 11.3 Å². The van der Waals surface area contributed by atoms with Gasteiger partial charge < -0.3 is 19.1 Å². The minimum absolute atomic E-state index is 0.00106. The number of imidazole rings is 1. The monoisotopic (exact) mass is 336 g/mol. The largest absolute Gasteiger partial charge is 0.508 e. The number of benzene rings is 1. The Labute approximate surface area is 137 Å². The number of carbonyl (C=O) groups is 1. The van der Waals surface area contributed by atoms with Crippen LogP contribution in [0.1, 0.15) is 16.2 Å². The molecule has 2 rings (SSSR count). The van der Waals surface area contributed by atoms with Gasteiger partial charge in [0.2, 0.25) is 0 Å². The first-order valence-corrected chi connectivity index (χ1v) is 11.3. The number of aryl methyl sites for hydroxylation is 1. The number of ether oxygens (including phenoxy) is 2. The normalized spacial score (nSPS) is 11.9. The minimum Gasteiger partial charge on any atom is -0.508 e. The van der Waals surface area contributed by atoms with Crippen LogP contribution in [0, 0.1) is 6.92 Å². The Balaban J connectivity index is 2.29. The van der Waals surface area contributed by atoms with Crippen LogP contribution >= 0.6 is 0 Å². The minimum atomic E-state index is -1.14. The molecule has 6 nitrogen and oxygen atoms in total. The van der Waals surface area contributed by atoms with Crippen LogP contribution in [0.2, 0.25) is 25.7 Å². The number of rotatable bonds is 6. The number of phenols is 1. The Kier molecular flexibility index (Phi) is 5.11. The summed E-state index contributed by atoms with van der Waals surface area (Å²) in [4.78, 5) is 16.3. The van der Waals surface area contributed by atoms with Crippen molar-refractivity contribution in [2.24, 2.45) is 0 Å². The lowest BCUT2D eigenvalue weighted by atomic mass is 10.1. The molecule has 0 fully saturated rings. The first kappa shape index (κ1) is 17.5. The molecule has 0 spiro atoms. The maximum atomic E-state index is 11.9. The third kappa shape index (κ3) is 4.11. The van der Waals surface area contributed by atoms with Gasteiger partial charge in [0.05, 0.1) is 18.2 Å². The second kappa shape index (κ2) is 6.72. The molecule has 0 atom stereocenters. The summed E-state index contributed by atoms with van der Waals surface area (Å²) >= 11 is 0. The Morgan fingerprint density at radius 3 is 2.65 bits per heavy atom. The number of esters is 1. The highest BCUT2D eigenvalue weighted by atomic mass is 28.3. The van der Waals surface area contributed by atoms with Crippen molar-refractivity contribution in [1.82, 2.24) is 9.55 Å². The summed E-state index contributed by atoms with van der Waals surface area (Å²) in [6.07, 6.45) is 0. The summed E-state index contributed by atoms with van der Waals surface area (Å²) in [5.41, 5.74) is 1.43. The Hall–Kier alpha value is -1.86. The van der Waals surface area contributed by atoms with Gasteiger partial charge in [-0.25, -0.2) is 9.78 Å². The lowest BCUT2D eigenvalue weighted by molar-refractivity contribution is 0.0602. The van der Waals surface area contributed by atoms with Crippen LogP contribution in [0.25, 0.3) is 11.0 Å². The Morgan fingerprint density at radius 1 is 1.35 bits per heavy atom. The van der Waals surface area contributed by atoms with Gasteiger partial charge >= 0.3 is 5.97 Å². The van der Waals surface area contributed by atoms with Gasteiger partial charge in [-0.1, -0.05) is 19.6 Å². The van der Waals surface area contributed by atoms with Crippen LogP contribution in [0.15, 0.2) is 12.1 Å². The van der Waals surface area contributed by atoms with Crippen molar-refractivity contribution in [2.45, 2.75) is 39.3 Å². The first-order valence-electron chi connectivity index (χ1n) is 7.59. The Bertz CT molecular complexity index is 719. The molecule has 1 aromatic carbocycles. The van der Waals surface area contributed by atoms with Crippen molar-refractivity contribution in [3.8, 4) is 5.75 Å². The second-order valence-corrected chi connectivity index (χ2v) is 12.4. The van der Waals surface area contributed by atoms with E-state index in [4.69, 9.17) is 9.47 Å². The summed E-state index contributed by atoms with van der Waals surface area (Å²) in [7, 11) is 0.172. The van der Waals surface area contributed by atoms with Crippen LogP contribution in [0.4, 0.5) is 0 Å². The van der Waals surface area contributed by atoms with E-state index in [0.717, 1.165) is 11.9 Å². The van der Waals surface area contributed by atoms with E-state index in [1.807, 2.05) is 11.5 Å². The smallest absolute Gasteiger partial charge is 0.340 e. The SMILES string of the molecule is COC(=O)c1cc(O)cc2c1nc(C)n2COCC[Si](C)(C)C. The van der Waals surface area contributed by atoms with Gasteiger partial charge in [0.15, 0.2) is 0 Å². The van der Waals surface area contributed by atoms with Crippen molar-refractivity contribution in [3.05, 3.63) is 23.5 Å². The lowest BCUT2D eigenvalue weighted by Crippen LogP contribution is -2.22. The van der Waals surface area contributed by atoms with E-state index in [0.29, 0.717) is 24.4 Å². The summed E-state index contributed by atoms with van der Waals surface area (Å²) in [6, 6.07) is 4.04. The number of hydrogen-bond donors (Lipinski definition) is 1. The molecular weight excluding hydrogens is 312 g/mol. The lowest BCUT2D eigenvalue weighted by Gasteiger charge is -2.16. The number of aromatic nitrogens is 2. The van der Waals surface area contributed by atoms with Crippen molar-refractivity contribution >= 4 is 25.1 Å². The predicted molar refractivity (Wildman–Crippen MR) is 91.6 cm³/mol. The maximum Gasteiger partial charge on any atom is 0.340 e. The number of methoxy groups -OCH3 is 1. The summed E-state index contributed by atoms with van der Waals surface area (Å²) in [5.74, 6) is 0.208. The standard InChI is InChI=1S/C16H24N2O4Si/c1-11-17-15-13(16(20)21-2)8-12(19)9-14(15)18(11)10-22-6-7-23(3,4)5/h8-9,19H,6-7,10H2,1-5H3. The van der Waals surface area contributed by atoms with Crippen molar-refractivity contribution in [1.29, 1.82) is 0 Å². The molecule has 0 bridgehead atoms. The van der Waals surface area contributed by atoms with Crippen LogP contribution in [0.5, 0.6) is 5.75 Å². The number of fused-ring (bicyclic) bond motifs is 1. The van der Waals surface area contributed by atoms with Gasteiger partial charge in [-0.3, -0.25) is 0 Å². The zero-order valence-electron chi connectivity index (χ0n) is 14.3. The molecule has 0 aliphatic rings. The van der Waals surface area contributed by atoms with Gasteiger partial charge in [0.1, 0.15) is 23.8 Å². The zero-order chi connectivity index (χ0) is 17.2. The number of phenolic OH excluding ortho intramolecular Hbond substituents is 1. The van der Waals surface area contributed by atoms with Gasteiger partial charge in [-0.15, -0.1) is 0 Å². The topological polar surface area (TPSA) is 73.6 Å². The molecule has 0 aliphatic carbocycles. The van der Waals surface area contributed by atoms with E-state index in [1.54, 1.807) is 6.07 Å². The summed E-state index contributed by atoms with van der Waals surface area (Å²) in [6.45, 7) is 9.78. The molecule has 1 heterocycles. The quantitative estimate of drug-likeness (QED) is 0.498. The van der Waals surface area contributed by atoms with Gasteiger partial charge in [0, 0.05) is 20.7 Å². The van der Waals surface area contributed by atoms with Crippen LogP contribution in [0.3, 0.4) is 0 Å². The van der Waals surface area contributed by atoms with Crippen molar-refractivity contribution in [2.75, 3.05) is 13.7 Å². The molecular formula is C16H24N2O4Si. The second-order valence-electron chi connectivity index (χ2n) is 6.79. The molecule has 0 amide bonds. The van der Waals surface area contributed by atoms with E-state index in [1.165, 1.54) is 13.2 Å². The van der Waals surface area contributed by atoms with Crippen LogP contribution in [-0.2, 0) is 16.2 Å². The van der Waals surface area contributed by atoms with E-state index in [2.05, 4.69) is 24.6 Å². The number of nitrogens with zero attached hydrogens (tertiary/aromatic N) is 2. The molecule has 126 valence electrons.